The van der Waals surface area contributed by atoms with Gasteiger partial charge in [0.2, 0.25) is 0 Å². The van der Waals surface area contributed by atoms with Gasteiger partial charge in [-0.15, -0.1) is 0 Å². The van der Waals surface area contributed by atoms with Crippen molar-refractivity contribution in [3.05, 3.63) is 0 Å². The van der Waals surface area contributed by atoms with Gasteiger partial charge in [0.1, 0.15) is 6.04 Å². The monoisotopic (exact) mass is 555 g/mol. The first-order chi connectivity index (χ1) is 14.9. The minimum atomic E-state index is -7.04. The van der Waals surface area contributed by atoms with Gasteiger partial charge in [0.25, 0.3) is 11.0 Å². The van der Waals surface area contributed by atoms with Crippen LogP contribution in [0, 0.1) is 0 Å². The number of carbonyl (C=O) groups is 3. The molecule has 0 aliphatic heterocycles. The zero-order valence-electron chi connectivity index (χ0n) is 16.0. The first-order valence-electron chi connectivity index (χ1n) is 8.19. The lowest BCUT2D eigenvalue weighted by Crippen LogP contribution is -2.61. The van der Waals surface area contributed by atoms with Crippen molar-refractivity contribution in [1.82, 2.24) is 5.32 Å². The van der Waals surface area contributed by atoms with Gasteiger partial charge in [-0.3, -0.25) is 9.59 Å². The molecule has 0 heterocycles. The predicted molar refractivity (Wildman–Crippen MR) is 82.5 cm³/mol. The maximum atomic E-state index is 13.4. The second-order valence-corrected chi connectivity index (χ2v) is 7.08. The number of rotatable bonds is 10. The highest BCUT2D eigenvalue weighted by atomic mass is 32.2. The number of carbonyl (C=O) groups excluding carboxylic acids is 3. The van der Waals surface area contributed by atoms with E-state index >= 15 is 0 Å². The molecule has 34 heavy (non-hydrogen) atoms. The molecule has 0 aliphatic carbocycles. The van der Waals surface area contributed by atoms with Gasteiger partial charge >= 0.3 is 42.0 Å². The highest BCUT2D eigenvalue weighted by Gasteiger charge is 2.77. The van der Waals surface area contributed by atoms with Crippen LogP contribution in [0.2, 0.25) is 0 Å². The topological polar surface area (TPSA) is 72.5 Å². The zero-order chi connectivity index (χ0) is 27.6. The number of halogens is 14. The molecule has 1 unspecified atom stereocenters. The number of hydrogen-bond donors (Lipinski definition) is 1. The summed E-state index contributed by atoms with van der Waals surface area (Å²) in [5.74, 6) is -34.6. The lowest BCUT2D eigenvalue weighted by atomic mass is 10.1. The van der Waals surface area contributed by atoms with Gasteiger partial charge in [-0.2, -0.15) is 61.5 Å². The van der Waals surface area contributed by atoms with Gasteiger partial charge in [-0.1, -0.05) is 18.7 Å². The molecule has 1 N–H and O–H groups in total. The largest absolute Gasteiger partial charge is 0.464 e. The second kappa shape index (κ2) is 10.3. The molecule has 0 radical (unpaired) electrons. The molecule has 0 aromatic heterocycles. The number of nitrogens with one attached hydrogen (secondary N) is 1. The molecule has 0 saturated carbocycles. The fraction of sp³-hybridized carbons (Fsp3) is 0.786. The van der Waals surface area contributed by atoms with Crippen molar-refractivity contribution >= 4 is 28.8 Å². The highest BCUT2D eigenvalue weighted by Crippen LogP contribution is 2.49. The van der Waals surface area contributed by atoms with Gasteiger partial charge in [0.15, 0.2) is 0 Å². The van der Waals surface area contributed by atoms with E-state index in [0.717, 1.165) is 0 Å². The molecule has 200 valence electrons. The molecular weight excluding hydrogens is 544 g/mol. The zero-order valence-corrected chi connectivity index (χ0v) is 16.8. The van der Waals surface area contributed by atoms with Crippen LogP contribution >= 0.6 is 11.8 Å². The quantitative estimate of drug-likeness (QED) is 0.321. The van der Waals surface area contributed by atoms with E-state index in [1.807, 2.05) is 0 Å². The second-order valence-electron chi connectivity index (χ2n) is 6.09. The summed E-state index contributed by atoms with van der Waals surface area (Å²) < 4.78 is 182. The van der Waals surface area contributed by atoms with Crippen LogP contribution in [0.5, 0.6) is 0 Å². The Labute approximate surface area is 183 Å². The molecule has 0 aliphatic rings. The maximum absolute atomic E-state index is 13.4. The Bertz CT molecular complexity index is 764. The van der Waals surface area contributed by atoms with E-state index < -0.39 is 83.2 Å². The summed E-state index contributed by atoms with van der Waals surface area (Å²) >= 11 is -1.28. The van der Waals surface area contributed by atoms with Crippen LogP contribution in [-0.4, -0.2) is 71.4 Å². The fourth-order valence-electron chi connectivity index (χ4n) is 1.60. The molecule has 0 fully saturated rings. The minimum absolute atomic E-state index is 0.0728. The number of esters is 1. The van der Waals surface area contributed by atoms with Gasteiger partial charge in [-0.05, 0) is 6.42 Å². The van der Waals surface area contributed by atoms with Crippen molar-refractivity contribution in [1.29, 1.82) is 0 Å². The van der Waals surface area contributed by atoms with Crippen LogP contribution in [0.3, 0.4) is 0 Å². The number of hydrogen-bond acceptors (Lipinski definition) is 5. The van der Waals surface area contributed by atoms with E-state index in [2.05, 4.69) is 4.74 Å². The Kier molecular flexibility index (Phi) is 9.69. The van der Waals surface area contributed by atoms with Crippen LogP contribution < -0.4 is 5.32 Å². The number of ether oxygens (including phenoxy) is 1. The van der Waals surface area contributed by atoms with E-state index in [1.54, 1.807) is 0 Å². The average Bonchev–Trinajstić information content (AvgIpc) is 2.66. The Morgan fingerprint density at radius 1 is 0.765 bits per heavy atom. The molecule has 0 aromatic carbocycles. The SMILES string of the molecule is CCCOC(=O)C(CSC(=O)C(F)(F)C(F)(F)C(F)(F)F)NC(=O)C(F)(F)C(F)(F)C(F)(F)F. The minimum Gasteiger partial charge on any atom is -0.464 e. The molecule has 0 saturated heterocycles. The number of amides is 1. The summed E-state index contributed by atoms with van der Waals surface area (Å²) in [4.78, 5) is 34.2. The van der Waals surface area contributed by atoms with Crippen molar-refractivity contribution in [2.45, 2.75) is 55.4 Å². The maximum Gasteiger partial charge on any atom is 0.460 e. The van der Waals surface area contributed by atoms with E-state index in [0.29, 0.717) is 5.32 Å². The third kappa shape index (κ3) is 6.35. The van der Waals surface area contributed by atoms with Crippen LogP contribution in [0.1, 0.15) is 13.3 Å². The van der Waals surface area contributed by atoms with Crippen molar-refractivity contribution in [2.24, 2.45) is 0 Å². The van der Waals surface area contributed by atoms with Crippen LogP contribution in [-0.2, 0) is 19.1 Å². The Hall–Kier alpha value is -2.02. The normalized spacial score (nSPS) is 15.0. The molecule has 0 aromatic rings. The van der Waals surface area contributed by atoms with Gasteiger partial charge < -0.3 is 10.1 Å². The van der Waals surface area contributed by atoms with Crippen molar-refractivity contribution in [3.8, 4) is 0 Å². The van der Waals surface area contributed by atoms with Crippen molar-refractivity contribution in [3.63, 3.8) is 0 Å². The standard InChI is InChI=1S/C14H11F14NO4S/c1-2-3-33-6(30)5(29-7(31)9(15,16)11(19,20)13(23,24)25)4-34-8(32)10(17,18)12(21,22)14(26,27)28/h5H,2-4H2,1H3,(H,29,31). The molecule has 0 bridgehead atoms. The van der Waals surface area contributed by atoms with Crippen LogP contribution in [0.4, 0.5) is 61.5 Å². The van der Waals surface area contributed by atoms with Gasteiger partial charge in [0, 0.05) is 5.75 Å². The summed E-state index contributed by atoms with van der Waals surface area (Å²) in [7, 11) is 0. The van der Waals surface area contributed by atoms with Gasteiger partial charge in [-0.25, -0.2) is 4.79 Å². The van der Waals surface area contributed by atoms with Crippen LogP contribution in [0.25, 0.3) is 0 Å². The number of thioether (sulfide) groups is 1. The average molecular weight is 555 g/mol. The third-order valence-electron chi connectivity index (χ3n) is 3.46. The smallest absolute Gasteiger partial charge is 0.460 e. The fourth-order valence-corrected chi connectivity index (χ4v) is 2.44. The van der Waals surface area contributed by atoms with E-state index in [1.165, 1.54) is 6.92 Å². The molecule has 1 amide bonds. The number of alkyl halides is 14. The molecule has 1 atom stereocenters. The lowest BCUT2D eigenvalue weighted by Gasteiger charge is -2.29. The Morgan fingerprint density at radius 2 is 1.18 bits per heavy atom. The first kappa shape index (κ1) is 32.0. The highest BCUT2D eigenvalue weighted by molar-refractivity contribution is 8.13. The molecular formula is C14H11F14NO4S. The molecule has 5 nitrogen and oxygen atoms in total. The Morgan fingerprint density at radius 3 is 1.56 bits per heavy atom. The molecule has 0 rings (SSSR count). The van der Waals surface area contributed by atoms with Crippen molar-refractivity contribution < 1.29 is 80.6 Å². The predicted octanol–water partition coefficient (Wildman–Crippen LogP) is 4.35. The van der Waals surface area contributed by atoms with Crippen LogP contribution in [0.15, 0.2) is 0 Å². The molecule has 20 heteroatoms. The summed E-state index contributed by atoms with van der Waals surface area (Å²) in [6.45, 7) is 0.637. The lowest BCUT2D eigenvalue weighted by molar-refractivity contribution is -0.344. The van der Waals surface area contributed by atoms with E-state index in [-0.39, 0.29) is 6.42 Å². The van der Waals surface area contributed by atoms with Gasteiger partial charge in [0.05, 0.1) is 6.61 Å². The first-order valence-corrected chi connectivity index (χ1v) is 9.17. The summed E-state index contributed by atoms with van der Waals surface area (Å²) in [5.41, 5.74) is 0. The van der Waals surface area contributed by atoms with Crippen molar-refractivity contribution in [2.75, 3.05) is 12.4 Å². The molecule has 0 spiro atoms. The summed E-state index contributed by atoms with van der Waals surface area (Å²) in [6.07, 6.45) is -14.1. The Balaban J connectivity index is 5.84. The van der Waals surface area contributed by atoms with E-state index in [4.69, 9.17) is 0 Å². The van der Waals surface area contributed by atoms with E-state index in [9.17, 15) is 75.8 Å². The third-order valence-corrected chi connectivity index (χ3v) is 4.48. The summed E-state index contributed by atoms with van der Waals surface area (Å²) in [6, 6.07) is -2.93. The summed E-state index contributed by atoms with van der Waals surface area (Å²) in [5, 5.41) is -2.77.